The normalized spacial score (nSPS) is 11.6. The van der Waals surface area contributed by atoms with Gasteiger partial charge in [0.15, 0.2) is 0 Å². The number of aliphatic carboxylic acids is 1. The number of ether oxygens (including phenoxy) is 1. The average molecular weight is 271 g/mol. The molecule has 0 saturated carbocycles. The van der Waals surface area contributed by atoms with Gasteiger partial charge in [-0.25, -0.2) is 4.79 Å². The standard InChI is InChI=1S/C9H6Cl2F2O3/c10-9(11,7(14)15)5-1-3-6(4-2-5)16-8(12)13/h1-4,8H,(H,14,15). The van der Waals surface area contributed by atoms with Crippen molar-refractivity contribution in [3.05, 3.63) is 29.8 Å². The number of benzene rings is 1. The summed E-state index contributed by atoms with van der Waals surface area (Å²) in [6.07, 6.45) is 0. The van der Waals surface area contributed by atoms with Crippen LogP contribution in [0.4, 0.5) is 8.78 Å². The average Bonchev–Trinajstić information content (AvgIpc) is 2.17. The Morgan fingerprint density at radius 2 is 1.81 bits per heavy atom. The maximum absolute atomic E-state index is 11.8. The molecule has 0 radical (unpaired) electrons. The van der Waals surface area contributed by atoms with Crippen LogP contribution in [0.1, 0.15) is 5.56 Å². The van der Waals surface area contributed by atoms with Crippen molar-refractivity contribution in [2.45, 2.75) is 10.9 Å². The third-order valence-electron chi connectivity index (χ3n) is 1.71. The summed E-state index contributed by atoms with van der Waals surface area (Å²) in [5.74, 6) is -1.55. The highest BCUT2D eigenvalue weighted by Crippen LogP contribution is 2.34. The number of carboxylic acids is 1. The Bertz CT molecular complexity index is 379. The number of hydrogen-bond acceptors (Lipinski definition) is 2. The van der Waals surface area contributed by atoms with Gasteiger partial charge in [0.1, 0.15) is 5.75 Å². The number of hydrogen-bond donors (Lipinski definition) is 1. The van der Waals surface area contributed by atoms with E-state index in [1.54, 1.807) is 0 Å². The second-order valence-electron chi connectivity index (χ2n) is 2.78. The predicted octanol–water partition coefficient (Wildman–Crippen LogP) is 3.00. The Hall–Kier alpha value is -1.07. The van der Waals surface area contributed by atoms with Gasteiger partial charge in [0.25, 0.3) is 0 Å². The second-order valence-corrected chi connectivity index (χ2v) is 4.11. The summed E-state index contributed by atoms with van der Waals surface area (Å²) in [6.45, 7) is -2.94. The molecule has 0 heterocycles. The quantitative estimate of drug-likeness (QED) is 0.856. The molecule has 16 heavy (non-hydrogen) atoms. The van der Waals surface area contributed by atoms with Crippen LogP contribution in [0.3, 0.4) is 0 Å². The Labute approximate surface area is 99.5 Å². The Morgan fingerprint density at radius 3 is 2.19 bits per heavy atom. The molecule has 0 saturated heterocycles. The maximum atomic E-state index is 11.8. The lowest BCUT2D eigenvalue weighted by Gasteiger charge is -2.14. The van der Waals surface area contributed by atoms with Gasteiger partial charge < -0.3 is 9.84 Å². The van der Waals surface area contributed by atoms with Crippen molar-refractivity contribution in [3.8, 4) is 5.75 Å². The lowest BCUT2D eigenvalue weighted by Crippen LogP contribution is -2.22. The van der Waals surface area contributed by atoms with E-state index >= 15 is 0 Å². The van der Waals surface area contributed by atoms with E-state index in [1.807, 2.05) is 0 Å². The van der Waals surface area contributed by atoms with Crippen molar-refractivity contribution >= 4 is 29.2 Å². The van der Waals surface area contributed by atoms with Gasteiger partial charge in [-0.3, -0.25) is 0 Å². The van der Waals surface area contributed by atoms with E-state index < -0.39 is 16.9 Å². The first-order valence-corrected chi connectivity index (χ1v) is 4.76. The molecule has 0 unspecified atom stereocenters. The van der Waals surface area contributed by atoms with Gasteiger partial charge in [0.05, 0.1) is 0 Å². The molecule has 0 amide bonds. The van der Waals surface area contributed by atoms with E-state index in [4.69, 9.17) is 28.3 Å². The first-order chi connectivity index (χ1) is 7.34. The molecule has 1 N–H and O–H groups in total. The highest BCUT2D eigenvalue weighted by molar-refractivity contribution is 6.56. The molecule has 0 aromatic heterocycles. The summed E-state index contributed by atoms with van der Waals surface area (Å²) in [4.78, 5) is 10.7. The fraction of sp³-hybridized carbons (Fsp3) is 0.222. The minimum absolute atomic E-state index is 0.0601. The molecule has 0 fully saturated rings. The number of rotatable bonds is 4. The van der Waals surface area contributed by atoms with Crippen molar-refractivity contribution in [3.63, 3.8) is 0 Å². The molecule has 0 spiro atoms. The summed E-state index contributed by atoms with van der Waals surface area (Å²) in [5, 5.41) is 8.69. The summed E-state index contributed by atoms with van der Waals surface area (Å²) >= 11 is 11.1. The zero-order valence-corrected chi connectivity index (χ0v) is 9.17. The first kappa shape index (κ1) is 13.0. The molecule has 1 aromatic carbocycles. The van der Waals surface area contributed by atoms with Crippen LogP contribution in [0, 0.1) is 0 Å². The van der Waals surface area contributed by atoms with Gasteiger partial charge >= 0.3 is 12.6 Å². The fourth-order valence-corrected chi connectivity index (χ4v) is 1.22. The van der Waals surface area contributed by atoms with E-state index in [0.717, 1.165) is 12.1 Å². The second kappa shape index (κ2) is 4.84. The molecule has 0 aliphatic heterocycles. The predicted molar refractivity (Wildman–Crippen MR) is 54.1 cm³/mol. The maximum Gasteiger partial charge on any atom is 0.387 e. The van der Waals surface area contributed by atoms with Crippen molar-refractivity contribution in [2.75, 3.05) is 0 Å². The highest BCUT2D eigenvalue weighted by atomic mass is 35.5. The van der Waals surface area contributed by atoms with Crippen LogP contribution in [0.25, 0.3) is 0 Å². The van der Waals surface area contributed by atoms with Gasteiger partial charge in [-0.2, -0.15) is 8.78 Å². The van der Waals surface area contributed by atoms with E-state index in [2.05, 4.69) is 4.74 Å². The smallest absolute Gasteiger partial charge is 0.387 e. The molecule has 7 heteroatoms. The first-order valence-electron chi connectivity index (χ1n) is 4.00. The molecule has 0 aliphatic rings. The van der Waals surface area contributed by atoms with Crippen LogP contribution in [0.15, 0.2) is 24.3 Å². The number of carboxylic acid groups (broad SMARTS) is 1. The van der Waals surface area contributed by atoms with Gasteiger partial charge in [0, 0.05) is 0 Å². The topological polar surface area (TPSA) is 46.5 Å². The molecule has 0 aliphatic carbocycles. The van der Waals surface area contributed by atoms with E-state index in [9.17, 15) is 13.6 Å². The van der Waals surface area contributed by atoms with Crippen molar-refractivity contribution < 1.29 is 23.4 Å². The molecule has 1 aromatic rings. The lowest BCUT2D eigenvalue weighted by atomic mass is 10.1. The molecule has 0 atom stereocenters. The summed E-state index contributed by atoms with van der Waals surface area (Å²) < 4.78 is 25.6. The minimum Gasteiger partial charge on any atom is -0.479 e. The third kappa shape index (κ3) is 2.96. The zero-order valence-electron chi connectivity index (χ0n) is 7.66. The molecular formula is C9H6Cl2F2O3. The van der Waals surface area contributed by atoms with E-state index in [1.165, 1.54) is 12.1 Å². The summed E-state index contributed by atoms with van der Waals surface area (Å²) in [6, 6.07) is 4.71. The van der Waals surface area contributed by atoms with Crippen LogP contribution in [-0.4, -0.2) is 17.7 Å². The SMILES string of the molecule is O=C(O)C(Cl)(Cl)c1ccc(OC(F)F)cc1. The third-order valence-corrected chi connectivity index (χ3v) is 2.47. The monoisotopic (exact) mass is 270 g/mol. The van der Waals surface area contributed by atoms with Gasteiger partial charge in [-0.15, -0.1) is 0 Å². The van der Waals surface area contributed by atoms with Gasteiger partial charge in [-0.1, -0.05) is 35.3 Å². The summed E-state index contributed by atoms with van der Waals surface area (Å²) in [5.41, 5.74) is 0.0601. The van der Waals surface area contributed by atoms with Crippen LogP contribution in [0.2, 0.25) is 0 Å². The Morgan fingerprint density at radius 1 is 1.31 bits per heavy atom. The van der Waals surface area contributed by atoms with Gasteiger partial charge in [0.2, 0.25) is 4.33 Å². The molecule has 88 valence electrons. The largest absolute Gasteiger partial charge is 0.479 e. The van der Waals surface area contributed by atoms with Crippen molar-refractivity contribution in [1.82, 2.24) is 0 Å². The molecule has 0 bridgehead atoms. The lowest BCUT2D eigenvalue weighted by molar-refractivity contribution is -0.138. The molecular weight excluding hydrogens is 265 g/mol. The van der Waals surface area contributed by atoms with Crippen LogP contribution in [0.5, 0.6) is 5.75 Å². The van der Waals surface area contributed by atoms with Crippen molar-refractivity contribution in [1.29, 1.82) is 0 Å². The van der Waals surface area contributed by atoms with Crippen LogP contribution in [-0.2, 0) is 9.13 Å². The minimum atomic E-state index is -2.94. The van der Waals surface area contributed by atoms with Crippen LogP contribution < -0.4 is 4.74 Å². The highest BCUT2D eigenvalue weighted by Gasteiger charge is 2.35. The zero-order chi connectivity index (χ0) is 12.3. The number of carbonyl (C=O) groups is 1. The Balaban J connectivity index is 2.91. The molecule has 3 nitrogen and oxygen atoms in total. The molecule has 1 rings (SSSR count). The van der Waals surface area contributed by atoms with Crippen molar-refractivity contribution in [2.24, 2.45) is 0 Å². The van der Waals surface area contributed by atoms with Gasteiger partial charge in [-0.05, 0) is 17.7 Å². The van der Waals surface area contributed by atoms with Crippen LogP contribution >= 0.6 is 23.2 Å². The number of halogens is 4. The Kier molecular flexibility index (Phi) is 3.93. The fourth-order valence-electron chi connectivity index (χ4n) is 0.969. The van der Waals surface area contributed by atoms with E-state index in [-0.39, 0.29) is 11.3 Å². The number of alkyl halides is 4. The van der Waals surface area contributed by atoms with E-state index in [0.29, 0.717) is 0 Å². The summed E-state index contributed by atoms with van der Waals surface area (Å²) in [7, 11) is 0.